The van der Waals surface area contributed by atoms with Gasteiger partial charge in [0.15, 0.2) is 0 Å². The molecule has 0 spiro atoms. The van der Waals surface area contributed by atoms with Gasteiger partial charge in [-0.3, -0.25) is 4.98 Å². The SMILES string of the molecule is CC(CN1CCNCC1)CN(C)c1ccncc1. The molecule has 4 heteroatoms. The van der Waals surface area contributed by atoms with Crippen LogP contribution in [0, 0.1) is 5.92 Å². The number of anilines is 1. The van der Waals surface area contributed by atoms with Crippen LogP contribution in [0.5, 0.6) is 0 Å². The molecule has 0 aromatic carbocycles. The van der Waals surface area contributed by atoms with Crippen molar-refractivity contribution in [2.75, 3.05) is 51.2 Å². The van der Waals surface area contributed by atoms with Gasteiger partial charge in [0.25, 0.3) is 0 Å². The minimum Gasteiger partial charge on any atom is -0.374 e. The molecule has 18 heavy (non-hydrogen) atoms. The van der Waals surface area contributed by atoms with Gasteiger partial charge in [0.05, 0.1) is 0 Å². The Labute approximate surface area is 110 Å². The summed E-state index contributed by atoms with van der Waals surface area (Å²) in [6, 6.07) is 4.13. The lowest BCUT2D eigenvalue weighted by molar-refractivity contribution is 0.213. The van der Waals surface area contributed by atoms with E-state index in [4.69, 9.17) is 0 Å². The van der Waals surface area contributed by atoms with Gasteiger partial charge in [0.2, 0.25) is 0 Å². The molecular weight excluding hydrogens is 224 g/mol. The van der Waals surface area contributed by atoms with Crippen molar-refractivity contribution in [1.82, 2.24) is 15.2 Å². The molecule has 1 saturated heterocycles. The summed E-state index contributed by atoms with van der Waals surface area (Å²) in [5, 5.41) is 3.40. The molecule has 1 aromatic rings. The van der Waals surface area contributed by atoms with Gasteiger partial charge < -0.3 is 15.1 Å². The Kier molecular flexibility index (Phi) is 4.96. The molecule has 1 aliphatic heterocycles. The van der Waals surface area contributed by atoms with Crippen LogP contribution < -0.4 is 10.2 Å². The molecule has 0 bridgehead atoms. The molecule has 0 aliphatic carbocycles. The summed E-state index contributed by atoms with van der Waals surface area (Å²) in [7, 11) is 2.16. The van der Waals surface area contributed by atoms with Gasteiger partial charge in [-0.2, -0.15) is 0 Å². The van der Waals surface area contributed by atoms with Gasteiger partial charge in [-0.05, 0) is 18.1 Å². The molecular formula is C14H24N4. The van der Waals surface area contributed by atoms with Crippen LogP contribution in [0.2, 0.25) is 0 Å². The molecule has 1 aromatic heterocycles. The number of hydrogen-bond donors (Lipinski definition) is 1. The van der Waals surface area contributed by atoms with E-state index in [1.807, 2.05) is 12.4 Å². The van der Waals surface area contributed by atoms with Crippen molar-refractivity contribution in [2.24, 2.45) is 5.92 Å². The highest BCUT2D eigenvalue weighted by Crippen LogP contribution is 2.12. The van der Waals surface area contributed by atoms with Crippen molar-refractivity contribution in [3.63, 3.8) is 0 Å². The molecule has 1 atom stereocenters. The summed E-state index contributed by atoms with van der Waals surface area (Å²) in [5.41, 5.74) is 1.25. The number of nitrogens with zero attached hydrogens (tertiary/aromatic N) is 3. The second-order valence-corrected chi connectivity index (χ2v) is 5.24. The lowest BCUT2D eigenvalue weighted by Crippen LogP contribution is -2.46. The first kappa shape index (κ1) is 13.3. The van der Waals surface area contributed by atoms with Crippen LogP contribution in [0.3, 0.4) is 0 Å². The van der Waals surface area contributed by atoms with Crippen molar-refractivity contribution in [1.29, 1.82) is 0 Å². The lowest BCUT2D eigenvalue weighted by atomic mass is 10.1. The van der Waals surface area contributed by atoms with E-state index < -0.39 is 0 Å². The minimum absolute atomic E-state index is 0.682. The van der Waals surface area contributed by atoms with Crippen LogP contribution in [0.25, 0.3) is 0 Å². The fourth-order valence-electron chi connectivity index (χ4n) is 2.56. The number of aromatic nitrogens is 1. The minimum atomic E-state index is 0.682. The van der Waals surface area contributed by atoms with Gasteiger partial charge in [0, 0.05) is 64.4 Å². The predicted molar refractivity (Wildman–Crippen MR) is 76.0 cm³/mol. The zero-order chi connectivity index (χ0) is 12.8. The van der Waals surface area contributed by atoms with E-state index in [-0.39, 0.29) is 0 Å². The third-order valence-electron chi connectivity index (χ3n) is 3.47. The van der Waals surface area contributed by atoms with Crippen molar-refractivity contribution in [3.05, 3.63) is 24.5 Å². The fourth-order valence-corrected chi connectivity index (χ4v) is 2.56. The van der Waals surface area contributed by atoms with Crippen molar-refractivity contribution in [3.8, 4) is 0 Å². The predicted octanol–water partition coefficient (Wildman–Crippen LogP) is 1.06. The Hall–Kier alpha value is -1.13. The summed E-state index contributed by atoms with van der Waals surface area (Å²) >= 11 is 0. The zero-order valence-electron chi connectivity index (χ0n) is 11.5. The third-order valence-corrected chi connectivity index (χ3v) is 3.47. The quantitative estimate of drug-likeness (QED) is 0.844. The fraction of sp³-hybridized carbons (Fsp3) is 0.643. The van der Waals surface area contributed by atoms with E-state index in [9.17, 15) is 0 Å². The first-order chi connectivity index (χ1) is 8.75. The van der Waals surface area contributed by atoms with Crippen molar-refractivity contribution in [2.45, 2.75) is 6.92 Å². The number of nitrogens with one attached hydrogen (secondary N) is 1. The molecule has 0 radical (unpaired) electrons. The number of hydrogen-bond acceptors (Lipinski definition) is 4. The molecule has 1 unspecified atom stereocenters. The highest BCUT2D eigenvalue weighted by Gasteiger charge is 2.14. The van der Waals surface area contributed by atoms with Crippen LogP contribution in [-0.2, 0) is 0 Å². The molecule has 1 aliphatic rings. The second-order valence-electron chi connectivity index (χ2n) is 5.24. The average molecular weight is 248 g/mol. The smallest absolute Gasteiger partial charge is 0.0394 e. The Balaban J connectivity index is 1.78. The average Bonchev–Trinajstić information content (AvgIpc) is 2.40. The van der Waals surface area contributed by atoms with Crippen LogP contribution in [0.1, 0.15) is 6.92 Å². The summed E-state index contributed by atoms with van der Waals surface area (Å²) < 4.78 is 0. The maximum atomic E-state index is 4.06. The number of rotatable bonds is 5. The zero-order valence-corrected chi connectivity index (χ0v) is 11.5. The normalized spacial score (nSPS) is 18.6. The highest BCUT2D eigenvalue weighted by molar-refractivity contribution is 5.43. The van der Waals surface area contributed by atoms with E-state index >= 15 is 0 Å². The van der Waals surface area contributed by atoms with Gasteiger partial charge >= 0.3 is 0 Å². The Bertz CT molecular complexity index is 335. The summed E-state index contributed by atoms with van der Waals surface area (Å²) in [5.74, 6) is 0.682. The molecule has 1 N–H and O–H groups in total. The van der Waals surface area contributed by atoms with Crippen molar-refractivity contribution >= 4 is 5.69 Å². The maximum absolute atomic E-state index is 4.06. The highest BCUT2D eigenvalue weighted by atomic mass is 15.2. The van der Waals surface area contributed by atoms with Crippen LogP contribution in [0.4, 0.5) is 5.69 Å². The third kappa shape index (κ3) is 3.96. The Morgan fingerprint density at radius 1 is 1.33 bits per heavy atom. The second kappa shape index (κ2) is 6.71. The van der Waals surface area contributed by atoms with Gasteiger partial charge in [0.1, 0.15) is 0 Å². The van der Waals surface area contributed by atoms with Crippen LogP contribution >= 0.6 is 0 Å². The van der Waals surface area contributed by atoms with E-state index in [1.165, 1.54) is 25.3 Å². The Morgan fingerprint density at radius 2 is 2.00 bits per heavy atom. The maximum Gasteiger partial charge on any atom is 0.0394 e. The van der Waals surface area contributed by atoms with E-state index in [2.05, 4.69) is 46.2 Å². The molecule has 4 nitrogen and oxygen atoms in total. The summed E-state index contributed by atoms with van der Waals surface area (Å²) in [6.07, 6.45) is 3.71. The van der Waals surface area contributed by atoms with Gasteiger partial charge in [-0.1, -0.05) is 6.92 Å². The first-order valence-electron chi connectivity index (χ1n) is 6.80. The summed E-state index contributed by atoms with van der Waals surface area (Å²) in [6.45, 7) is 9.25. The largest absolute Gasteiger partial charge is 0.374 e. The molecule has 2 heterocycles. The van der Waals surface area contributed by atoms with Gasteiger partial charge in [-0.15, -0.1) is 0 Å². The summed E-state index contributed by atoms with van der Waals surface area (Å²) in [4.78, 5) is 8.93. The molecule has 100 valence electrons. The molecule has 1 fully saturated rings. The monoisotopic (exact) mass is 248 g/mol. The number of pyridine rings is 1. The van der Waals surface area contributed by atoms with Crippen molar-refractivity contribution < 1.29 is 0 Å². The van der Waals surface area contributed by atoms with Gasteiger partial charge in [-0.25, -0.2) is 0 Å². The topological polar surface area (TPSA) is 31.4 Å². The van der Waals surface area contributed by atoms with E-state index in [0.29, 0.717) is 5.92 Å². The van der Waals surface area contributed by atoms with E-state index in [0.717, 1.165) is 19.6 Å². The molecule has 2 rings (SSSR count). The molecule has 0 amide bonds. The van der Waals surface area contributed by atoms with Crippen LogP contribution in [-0.4, -0.2) is 56.2 Å². The standard InChI is InChI=1S/C14H24N4/c1-13(12-18-9-7-16-8-10-18)11-17(2)14-3-5-15-6-4-14/h3-6,13,16H,7-12H2,1-2H3. The Morgan fingerprint density at radius 3 is 2.67 bits per heavy atom. The number of piperazine rings is 1. The molecule has 0 saturated carbocycles. The van der Waals surface area contributed by atoms with E-state index in [1.54, 1.807) is 0 Å². The van der Waals surface area contributed by atoms with Crippen LogP contribution in [0.15, 0.2) is 24.5 Å². The lowest BCUT2D eigenvalue weighted by Gasteiger charge is -2.31. The first-order valence-corrected chi connectivity index (χ1v) is 6.80.